The maximum Gasteiger partial charge on any atom is 0.327 e. The molecule has 1 aliphatic heterocycles. The summed E-state index contributed by atoms with van der Waals surface area (Å²) < 4.78 is 18.9. The third kappa shape index (κ3) is 5.22. The molecule has 1 fully saturated rings. The van der Waals surface area contributed by atoms with Crippen molar-refractivity contribution in [3.8, 4) is 0 Å². The Morgan fingerprint density at radius 1 is 1.00 bits per heavy atom. The van der Waals surface area contributed by atoms with E-state index in [9.17, 15) is 23.9 Å². The Kier molecular flexibility index (Phi) is 7.62. The third-order valence-corrected chi connectivity index (χ3v) is 7.80. The minimum Gasteiger partial charge on any atom is -0.480 e. The van der Waals surface area contributed by atoms with Crippen LogP contribution in [0.25, 0.3) is 0 Å². The molecule has 0 aliphatic carbocycles. The average Bonchev–Trinajstić information content (AvgIpc) is 3.51. The summed E-state index contributed by atoms with van der Waals surface area (Å²) in [5.41, 5.74) is 2.07. The number of nitrogens with zero attached hydrogens (tertiary/aromatic N) is 1. The second kappa shape index (κ2) is 10.6. The largest absolute Gasteiger partial charge is 0.480 e. The summed E-state index contributed by atoms with van der Waals surface area (Å²) in [7, 11) is 1.35. The molecule has 1 aliphatic rings. The molecule has 0 saturated carbocycles. The fourth-order valence-corrected chi connectivity index (χ4v) is 5.92. The van der Waals surface area contributed by atoms with Crippen molar-refractivity contribution in [2.75, 3.05) is 13.7 Å². The van der Waals surface area contributed by atoms with Crippen molar-refractivity contribution in [1.29, 1.82) is 0 Å². The maximum atomic E-state index is 14.0. The molecule has 1 saturated heterocycles. The predicted molar refractivity (Wildman–Crippen MR) is 139 cm³/mol. The zero-order valence-electron chi connectivity index (χ0n) is 21.2. The number of likely N-dealkylation sites (tertiary alicyclic amines) is 1. The Morgan fingerprint density at radius 2 is 1.62 bits per heavy atom. The Labute approximate surface area is 219 Å². The molecule has 0 radical (unpaired) electrons. The number of carbonyl (C=O) groups excluding carboxylic acids is 2. The lowest BCUT2D eigenvalue weighted by molar-refractivity contribution is -0.151. The second-order valence-corrected chi connectivity index (χ2v) is 11.2. The number of benzene rings is 2. The molecular formula is C29H30FNO5S. The molecule has 2 heterocycles. The molecule has 1 N–H and O–H groups in total. The van der Waals surface area contributed by atoms with Gasteiger partial charge in [-0.3, -0.25) is 9.59 Å². The van der Waals surface area contributed by atoms with E-state index in [-0.39, 0.29) is 17.8 Å². The molecule has 2 aromatic carbocycles. The number of carboxylic acid groups (broad SMARTS) is 1. The Hall–Kier alpha value is -3.36. The van der Waals surface area contributed by atoms with Crippen LogP contribution in [-0.4, -0.2) is 47.4 Å². The Balaban J connectivity index is 1.95. The van der Waals surface area contributed by atoms with E-state index in [4.69, 9.17) is 4.74 Å². The lowest BCUT2D eigenvalue weighted by Gasteiger charge is -2.30. The van der Waals surface area contributed by atoms with Gasteiger partial charge in [0.25, 0.3) is 0 Å². The lowest BCUT2D eigenvalue weighted by atomic mass is 9.76. The summed E-state index contributed by atoms with van der Waals surface area (Å²) in [5, 5.41) is 12.2. The highest BCUT2D eigenvalue weighted by Crippen LogP contribution is 2.51. The lowest BCUT2D eigenvalue weighted by Crippen LogP contribution is -2.45. The standard InChI is InChI=1S/C29H30FNO5S/c1-29(2,3)19-11-7-17(8-12-19)23-24(27(33)21-6-5-15-37-21)25(18-9-13-20(30)14-10-18)31(22(32)16-36-4)26(23)28(34)35/h5-15,23-26H,16H2,1-4H3,(H,34,35). The van der Waals surface area contributed by atoms with Gasteiger partial charge in [-0.1, -0.05) is 63.2 Å². The first-order valence-electron chi connectivity index (χ1n) is 12.0. The van der Waals surface area contributed by atoms with Gasteiger partial charge in [0, 0.05) is 13.0 Å². The van der Waals surface area contributed by atoms with Gasteiger partial charge < -0.3 is 14.7 Å². The molecule has 37 heavy (non-hydrogen) atoms. The van der Waals surface area contributed by atoms with Gasteiger partial charge in [-0.2, -0.15) is 0 Å². The van der Waals surface area contributed by atoms with Crippen LogP contribution in [0.15, 0.2) is 66.0 Å². The molecule has 194 valence electrons. The minimum absolute atomic E-state index is 0.121. The van der Waals surface area contributed by atoms with Crippen LogP contribution in [0.2, 0.25) is 0 Å². The minimum atomic E-state index is -1.33. The maximum absolute atomic E-state index is 14.0. The fraction of sp³-hybridized carbons (Fsp3) is 0.345. The number of aliphatic carboxylic acids is 1. The van der Waals surface area contributed by atoms with E-state index in [1.165, 1.54) is 47.6 Å². The topological polar surface area (TPSA) is 83.9 Å². The zero-order valence-corrected chi connectivity index (χ0v) is 22.0. The quantitative estimate of drug-likeness (QED) is 0.417. The first kappa shape index (κ1) is 26.7. The number of amides is 1. The van der Waals surface area contributed by atoms with E-state index < -0.39 is 41.6 Å². The number of rotatable bonds is 7. The van der Waals surface area contributed by atoms with Crippen molar-refractivity contribution in [2.24, 2.45) is 5.92 Å². The molecule has 1 amide bonds. The normalized spacial score (nSPS) is 21.7. The first-order chi connectivity index (χ1) is 17.5. The Morgan fingerprint density at radius 3 is 2.14 bits per heavy atom. The van der Waals surface area contributed by atoms with Crippen LogP contribution in [0.4, 0.5) is 4.39 Å². The molecule has 4 atom stereocenters. The van der Waals surface area contributed by atoms with Crippen LogP contribution in [-0.2, 0) is 19.7 Å². The van der Waals surface area contributed by atoms with Crippen molar-refractivity contribution in [3.63, 3.8) is 0 Å². The van der Waals surface area contributed by atoms with Gasteiger partial charge in [0.15, 0.2) is 5.78 Å². The number of carboxylic acids is 1. The zero-order chi connectivity index (χ0) is 26.9. The van der Waals surface area contributed by atoms with Crippen LogP contribution in [0.3, 0.4) is 0 Å². The summed E-state index contributed by atoms with van der Waals surface area (Å²) in [6, 6.07) is 14.3. The van der Waals surface area contributed by atoms with E-state index in [2.05, 4.69) is 20.8 Å². The number of Topliss-reactive ketones (excluding diaryl/α,β-unsaturated/α-hetero) is 1. The van der Waals surface area contributed by atoms with Gasteiger partial charge in [-0.25, -0.2) is 9.18 Å². The third-order valence-electron chi connectivity index (χ3n) is 6.92. The van der Waals surface area contributed by atoms with Gasteiger partial charge in [-0.15, -0.1) is 11.3 Å². The number of thiophene rings is 1. The molecule has 4 rings (SSSR count). The second-order valence-electron chi connectivity index (χ2n) is 10.3. The molecule has 3 aromatic rings. The molecule has 0 spiro atoms. The molecular weight excluding hydrogens is 493 g/mol. The van der Waals surface area contributed by atoms with Crippen LogP contribution in [0.5, 0.6) is 0 Å². The number of ketones is 1. The summed E-state index contributed by atoms with van der Waals surface area (Å²) in [6.45, 7) is 5.89. The van der Waals surface area contributed by atoms with E-state index in [0.29, 0.717) is 16.0 Å². The highest BCUT2D eigenvalue weighted by Gasteiger charge is 2.57. The highest BCUT2D eigenvalue weighted by molar-refractivity contribution is 7.12. The molecule has 4 unspecified atom stereocenters. The van der Waals surface area contributed by atoms with Crippen LogP contribution in [0, 0.1) is 11.7 Å². The summed E-state index contributed by atoms with van der Waals surface area (Å²) in [5.74, 6) is -4.25. The van der Waals surface area contributed by atoms with E-state index in [1.807, 2.05) is 24.3 Å². The molecule has 1 aromatic heterocycles. The average molecular weight is 524 g/mol. The van der Waals surface area contributed by atoms with Gasteiger partial charge in [-0.05, 0) is 45.7 Å². The van der Waals surface area contributed by atoms with Crippen molar-refractivity contribution in [1.82, 2.24) is 4.90 Å². The Bertz CT molecular complexity index is 1270. The van der Waals surface area contributed by atoms with Crippen molar-refractivity contribution < 1.29 is 28.6 Å². The number of methoxy groups -OCH3 is 1. The van der Waals surface area contributed by atoms with E-state index in [0.717, 1.165) is 5.56 Å². The number of hydrogen-bond acceptors (Lipinski definition) is 5. The van der Waals surface area contributed by atoms with Crippen molar-refractivity contribution in [2.45, 2.75) is 44.2 Å². The SMILES string of the molecule is COCC(=O)N1C(C(=O)O)C(c2ccc(C(C)(C)C)cc2)C(C(=O)c2cccs2)C1c1ccc(F)cc1. The summed E-state index contributed by atoms with van der Waals surface area (Å²) in [4.78, 5) is 42.0. The van der Waals surface area contributed by atoms with Gasteiger partial charge in [0.2, 0.25) is 5.91 Å². The van der Waals surface area contributed by atoms with Crippen molar-refractivity contribution in [3.05, 3.63) is 93.4 Å². The summed E-state index contributed by atoms with van der Waals surface area (Å²) in [6.07, 6.45) is 0. The highest BCUT2D eigenvalue weighted by atomic mass is 32.1. The predicted octanol–water partition coefficient (Wildman–Crippen LogP) is 5.45. The van der Waals surface area contributed by atoms with Gasteiger partial charge >= 0.3 is 5.97 Å². The first-order valence-corrected chi connectivity index (χ1v) is 12.9. The van der Waals surface area contributed by atoms with E-state index in [1.54, 1.807) is 17.5 Å². The fourth-order valence-electron chi connectivity index (χ4n) is 5.21. The molecule has 8 heteroatoms. The van der Waals surface area contributed by atoms with Gasteiger partial charge in [0.1, 0.15) is 18.5 Å². The number of hydrogen-bond donors (Lipinski definition) is 1. The van der Waals surface area contributed by atoms with Crippen molar-refractivity contribution >= 4 is 29.0 Å². The van der Waals surface area contributed by atoms with Crippen LogP contribution in [0.1, 0.15) is 59.1 Å². The smallest absolute Gasteiger partial charge is 0.327 e. The number of halogens is 1. The molecule has 0 bridgehead atoms. The number of ether oxygens (including phenoxy) is 1. The molecule has 6 nitrogen and oxygen atoms in total. The van der Waals surface area contributed by atoms with Crippen LogP contribution >= 0.6 is 11.3 Å². The van der Waals surface area contributed by atoms with Crippen LogP contribution < -0.4 is 0 Å². The van der Waals surface area contributed by atoms with Gasteiger partial charge in [0.05, 0.1) is 16.8 Å². The number of carbonyl (C=O) groups is 3. The summed E-state index contributed by atoms with van der Waals surface area (Å²) >= 11 is 1.26. The van der Waals surface area contributed by atoms with E-state index >= 15 is 0 Å². The monoisotopic (exact) mass is 523 g/mol.